The molecule has 0 unspecified atom stereocenters. The fraction of sp³-hybridized carbons (Fsp3) is 0.125. The molecule has 0 aliphatic rings. The minimum atomic E-state index is -3.39. The van der Waals surface area contributed by atoms with Crippen molar-refractivity contribution in [1.82, 2.24) is 0 Å². The molecule has 2 N–H and O–H groups in total. The van der Waals surface area contributed by atoms with Crippen molar-refractivity contribution in [2.75, 3.05) is 11.0 Å². The summed E-state index contributed by atoms with van der Waals surface area (Å²) in [5.41, 5.74) is 0.319. The van der Waals surface area contributed by atoms with Gasteiger partial charge in [0.2, 0.25) is 10.0 Å². The Kier molecular flexibility index (Phi) is 3.55. The number of benzene rings is 1. The normalized spacial score (nSPS) is 11.1. The molecule has 0 saturated carbocycles. The molecule has 0 aliphatic carbocycles. The molecule has 0 atom stereocenters. The van der Waals surface area contributed by atoms with Gasteiger partial charge in [-0.2, -0.15) is 0 Å². The Morgan fingerprint density at radius 2 is 2.07 bits per heavy atom. The third-order valence-electron chi connectivity index (χ3n) is 1.51. The largest absolute Gasteiger partial charge is 0.478 e. The molecule has 0 radical (unpaired) electrons. The zero-order chi connectivity index (χ0) is 11.6. The van der Waals surface area contributed by atoms with Crippen LogP contribution in [0.25, 0.3) is 0 Å². The van der Waals surface area contributed by atoms with E-state index in [4.69, 9.17) is 5.11 Å². The summed E-state index contributed by atoms with van der Waals surface area (Å²) in [7, 11) is -3.39. The Bertz CT molecular complexity index is 497. The molecule has 1 aromatic rings. The first-order valence-electron chi connectivity index (χ1n) is 3.80. The lowest BCUT2D eigenvalue weighted by atomic mass is 10.2. The van der Waals surface area contributed by atoms with E-state index in [-0.39, 0.29) is 11.3 Å². The van der Waals surface area contributed by atoms with Crippen molar-refractivity contribution in [3.05, 3.63) is 27.3 Å². The van der Waals surface area contributed by atoms with Crippen LogP contribution in [0.4, 0.5) is 5.69 Å². The molecule has 7 heteroatoms. The van der Waals surface area contributed by atoms with Gasteiger partial charge < -0.3 is 5.11 Å². The highest BCUT2D eigenvalue weighted by Gasteiger charge is 2.09. The summed E-state index contributed by atoms with van der Waals surface area (Å²) in [6.07, 6.45) is 1.01. The topological polar surface area (TPSA) is 83.5 Å². The minimum Gasteiger partial charge on any atom is -0.478 e. The maximum absolute atomic E-state index is 11.0. The second kappa shape index (κ2) is 4.35. The molecule has 0 aliphatic heterocycles. The van der Waals surface area contributed by atoms with Gasteiger partial charge in [0.15, 0.2) is 0 Å². The first kappa shape index (κ1) is 12.2. The van der Waals surface area contributed by atoms with Gasteiger partial charge in [-0.15, -0.1) is 0 Å². The Balaban J connectivity index is 3.17. The van der Waals surface area contributed by atoms with Crippen molar-refractivity contribution in [1.29, 1.82) is 0 Å². The predicted molar refractivity (Wildman–Crippen MR) is 64.6 cm³/mol. The molecule has 15 heavy (non-hydrogen) atoms. The van der Waals surface area contributed by atoms with Crippen molar-refractivity contribution >= 4 is 44.3 Å². The molecular formula is C8H8INO4S. The van der Waals surface area contributed by atoms with E-state index in [0.29, 0.717) is 3.57 Å². The van der Waals surface area contributed by atoms with E-state index in [1.807, 2.05) is 22.6 Å². The number of carboxylic acids is 1. The van der Waals surface area contributed by atoms with Crippen LogP contribution in [0.1, 0.15) is 10.4 Å². The van der Waals surface area contributed by atoms with E-state index >= 15 is 0 Å². The average Bonchev–Trinajstić information content (AvgIpc) is 2.06. The summed E-state index contributed by atoms with van der Waals surface area (Å²) in [5.74, 6) is -1.09. The van der Waals surface area contributed by atoms with Crippen LogP contribution in [-0.2, 0) is 10.0 Å². The molecule has 0 bridgehead atoms. The minimum absolute atomic E-state index is 0.0431. The molecule has 0 amide bonds. The van der Waals surface area contributed by atoms with E-state index in [1.54, 1.807) is 0 Å². The number of nitrogens with one attached hydrogen (secondary N) is 1. The molecule has 5 nitrogen and oxygen atoms in total. The van der Waals surface area contributed by atoms with Gasteiger partial charge in [-0.3, -0.25) is 4.72 Å². The van der Waals surface area contributed by atoms with Crippen LogP contribution in [0.15, 0.2) is 18.2 Å². The maximum Gasteiger partial charge on any atom is 0.335 e. The van der Waals surface area contributed by atoms with Crippen LogP contribution in [-0.4, -0.2) is 25.7 Å². The van der Waals surface area contributed by atoms with Gasteiger partial charge in [0.25, 0.3) is 0 Å². The number of hydrogen-bond acceptors (Lipinski definition) is 3. The van der Waals surface area contributed by atoms with Crippen LogP contribution in [0.5, 0.6) is 0 Å². The van der Waals surface area contributed by atoms with E-state index in [2.05, 4.69) is 4.72 Å². The van der Waals surface area contributed by atoms with Crippen LogP contribution in [0.2, 0.25) is 0 Å². The number of rotatable bonds is 3. The summed E-state index contributed by atoms with van der Waals surface area (Å²) in [6.45, 7) is 0. The standard InChI is InChI=1S/C8H8INO4S/c1-15(13,14)10-7-4-5(8(11)12)2-3-6(7)9/h2-4,10H,1H3,(H,11,12). The van der Waals surface area contributed by atoms with Crippen molar-refractivity contribution in [2.24, 2.45) is 0 Å². The molecular weight excluding hydrogens is 333 g/mol. The first-order valence-corrected chi connectivity index (χ1v) is 6.77. The van der Waals surface area contributed by atoms with Gasteiger partial charge in [0.05, 0.1) is 17.5 Å². The smallest absolute Gasteiger partial charge is 0.335 e. The highest BCUT2D eigenvalue weighted by Crippen LogP contribution is 2.20. The molecule has 0 aromatic heterocycles. The number of carbonyl (C=O) groups is 1. The lowest BCUT2D eigenvalue weighted by molar-refractivity contribution is 0.0697. The molecule has 0 spiro atoms. The van der Waals surface area contributed by atoms with E-state index in [9.17, 15) is 13.2 Å². The zero-order valence-corrected chi connectivity index (χ0v) is 10.7. The molecule has 0 heterocycles. The predicted octanol–water partition coefficient (Wildman–Crippen LogP) is 1.36. The van der Waals surface area contributed by atoms with E-state index in [0.717, 1.165) is 6.26 Å². The lowest BCUT2D eigenvalue weighted by Gasteiger charge is -2.07. The van der Waals surface area contributed by atoms with Gasteiger partial charge in [-0.25, -0.2) is 13.2 Å². The van der Waals surface area contributed by atoms with Gasteiger partial charge in [0.1, 0.15) is 0 Å². The zero-order valence-electron chi connectivity index (χ0n) is 7.69. The number of aromatic carboxylic acids is 1. The quantitative estimate of drug-likeness (QED) is 0.814. The number of hydrogen-bond donors (Lipinski definition) is 2. The summed E-state index contributed by atoms with van der Waals surface area (Å²) in [4.78, 5) is 10.7. The van der Waals surface area contributed by atoms with Crippen LogP contribution >= 0.6 is 22.6 Å². The summed E-state index contributed by atoms with van der Waals surface area (Å²) >= 11 is 1.92. The second-order valence-electron chi connectivity index (χ2n) is 2.87. The number of sulfonamides is 1. The highest BCUT2D eigenvalue weighted by atomic mass is 127. The maximum atomic E-state index is 11.0. The fourth-order valence-corrected chi connectivity index (χ4v) is 2.16. The van der Waals surface area contributed by atoms with E-state index < -0.39 is 16.0 Å². The van der Waals surface area contributed by atoms with Crippen molar-refractivity contribution in [2.45, 2.75) is 0 Å². The van der Waals surface area contributed by atoms with Gasteiger partial charge >= 0.3 is 5.97 Å². The van der Waals surface area contributed by atoms with Gasteiger partial charge in [0, 0.05) is 3.57 Å². The lowest BCUT2D eigenvalue weighted by Crippen LogP contribution is -2.11. The van der Waals surface area contributed by atoms with Crippen LogP contribution in [0.3, 0.4) is 0 Å². The second-order valence-corrected chi connectivity index (χ2v) is 5.78. The fourth-order valence-electron chi connectivity index (χ4n) is 0.936. The molecule has 0 fully saturated rings. The highest BCUT2D eigenvalue weighted by molar-refractivity contribution is 14.1. The van der Waals surface area contributed by atoms with Crippen molar-refractivity contribution in [3.8, 4) is 0 Å². The first-order chi connectivity index (χ1) is 6.79. The average molecular weight is 341 g/mol. The number of halogens is 1. The Morgan fingerprint density at radius 3 is 2.53 bits per heavy atom. The molecule has 1 rings (SSSR count). The Hall–Kier alpha value is -0.830. The number of carboxylic acid groups (broad SMARTS) is 1. The monoisotopic (exact) mass is 341 g/mol. The van der Waals surface area contributed by atoms with Crippen LogP contribution in [0, 0.1) is 3.57 Å². The summed E-state index contributed by atoms with van der Waals surface area (Å²) in [5, 5.41) is 8.72. The SMILES string of the molecule is CS(=O)(=O)Nc1cc(C(=O)O)ccc1I. The molecule has 82 valence electrons. The van der Waals surface area contributed by atoms with Gasteiger partial charge in [-0.1, -0.05) is 0 Å². The number of anilines is 1. The third kappa shape index (κ3) is 3.67. The molecule has 0 saturated heterocycles. The third-order valence-corrected chi connectivity index (χ3v) is 3.04. The van der Waals surface area contributed by atoms with E-state index in [1.165, 1.54) is 18.2 Å². The molecule has 1 aromatic carbocycles. The summed E-state index contributed by atoms with van der Waals surface area (Å²) < 4.78 is 24.8. The Labute approximate surface area is 101 Å². The van der Waals surface area contributed by atoms with Crippen LogP contribution < -0.4 is 4.72 Å². The van der Waals surface area contributed by atoms with Crippen molar-refractivity contribution < 1.29 is 18.3 Å². The Morgan fingerprint density at radius 1 is 1.47 bits per heavy atom. The van der Waals surface area contributed by atoms with Crippen molar-refractivity contribution in [3.63, 3.8) is 0 Å². The van der Waals surface area contributed by atoms with Gasteiger partial charge in [-0.05, 0) is 40.8 Å². The summed E-state index contributed by atoms with van der Waals surface area (Å²) in [6, 6.07) is 4.24.